The minimum Gasteiger partial charge on any atom is -0.493 e. The number of carbonyl (C=O) groups excluding carboxylic acids is 1. The lowest BCUT2D eigenvalue weighted by Gasteiger charge is -2.10. The molecule has 35 heavy (non-hydrogen) atoms. The summed E-state index contributed by atoms with van der Waals surface area (Å²) in [6, 6.07) is 21.3. The summed E-state index contributed by atoms with van der Waals surface area (Å²) >= 11 is 1.73. The zero-order valence-electron chi connectivity index (χ0n) is 20.3. The summed E-state index contributed by atoms with van der Waals surface area (Å²) in [6.45, 7) is 4.38. The van der Waals surface area contributed by atoms with Gasteiger partial charge in [0.2, 0.25) is 5.89 Å². The molecule has 0 fully saturated rings. The minimum atomic E-state index is -0.162. The molecule has 0 aliphatic carbocycles. The van der Waals surface area contributed by atoms with Gasteiger partial charge in [-0.15, -0.1) is 11.8 Å². The van der Waals surface area contributed by atoms with Crippen LogP contribution >= 0.6 is 11.8 Å². The van der Waals surface area contributed by atoms with Crippen LogP contribution in [-0.4, -0.2) is 25.1 Å². The number of methoxy groups -OCH3 is 2. The van der Waals surface area contributed by atoms with E-state index in [4.69, 9.17) is 13.9 Å². The number of nitrogens with one attached hydrogen (secondary N) is 1. The third-order valence-corrected chi connectivity index (χ3v) is 6.61. The van der Waals surface area contributed by atoms with Gasteiger partial charge in [-0.1, -0.05) is 23.8 Å². The molecule has 4 rings (SSSR count). The Morgan fingerprint density at radius 1 is 0.943 bits per heavy atom. The first-order valence-electron chi connectivity index (χ1n) is 11.2. The second-order valence-corrected chi connectivity index (χ2v) is 9.12. The average molecular weight is 489 g/mol. The Balaban J connectivity index is 1.37. The van der Waals surface area contributed by atoms with Crippen molar-refractivity contribution in [2.75, 3.05) is 14.2 Å². The molecule has 1 N–H and O–H groups in total. The molecule has 7 heteroatoms. The molecule has 1 amide bonds. The first-order chi connectivity index (χ1) is 17.0. The van der Waals surface area contributed by atoms with E-state index in [2.05, 4.69) is 41.5 Å². The van der Waals surface area contributed by atoms with Gasteiger partial charge in [-0.05, 0) is 67.9 Å². The Morgan fingerprint density at radius 3 is 2.34 bits per heavy atom. The fraction of sp³-hybridized carbons (Fsp3) is 0.214. The van der Waals surface area contributed by atoms with E-state index in [0.717, 1.165) is 28.3 Å². The topological polar surface area (TPSA) is 73.6 Å². The van der Waals surface area contributed by atoms with Crippen LogP contribution in [0.2, 0.25) is 0 Å². The molecule has 1 heterocycles. The van der Waals surface area contributed by atoms with E-state index in [0.29, 0.717) is 29.5 Å². The van der Waals surface area contributed by atoms with E-state index in [9.17, 15) is 4.79 Å². The van der Waals surface area contributed by atoms with Gasteiger partial charge in [-0.2, -0.15) is 0 Å². The molecule has 0 aliphatic rings. The van der Waals surface area contributed by atoms with Gasteiger partial charge in [0.05, 0.1) is 19.9 Å². The number of rotatable bonds is 9. The van der Waals surface area contributed by atoms with Crippen molar-refractivity contribution in [1.82, 2.24) is 10.3 Å². The molecule has 0 saturated heterocycles. The van der Waals surface area contributed by atoms with Gasteiger partial charge in [-0.3, -0.25) is 4.79 Å². The maximum atomic E-state index is 12.6. The van der Waals surface area contributed by atoms with Crippen LogP contribution in [0.5, 0.6) is 11.5 Å². The van der Waals surface area contributed by atoms with Gasteiger partial charge >= 0.3 is 0 Å². The van der Waals surface area contributed by atoms with Crippen molar-refractivity contribution < 1.29 is 18.7 Å². The Morgan fingerprint density at radius 2 is 1.66 bits per heavy atom. The zero-order chi connectivity index (χ0) is 24.8. The summed E-state index contributed by atoms with van der Waals surface area (Å²) in [7, 11) is 3.18. The number of hydrogen-bond donors (Lipinski definition) is 1. The summed E-state index contributed by atoms with van der Waals surface area (Å²) in [5.41, 5.74) is 4.47. The van der Waals surface area contributed by atoms with Crippen molar-refractivity contribution in [1.29, 1.82) is 0 Å². The first-order valence-corrected chi connectivity index (χ1v) is 12.2. The number of nitrogens with zero attached hydrogens (tertiary/aromatic N) is 1. The molecule has 0 spiro atoms. The number of ether oxygens (including phenoxy) is 2. The summed E-state index contributed by atoms with van der Waals surface area (Å²) < 4.78 is 16.5. The predicted molar refractivity (Wildman–Crippen MR) is 138 cm³/mol. The Bertz CT molecular complexity index is 1300. The molecule has 0 unspecified atom stereocenters. The molecule has 4 aromatic rings. The van der Waals surface area contributed by atoms with Crippen LogP contribution in [0.4, 0.5) is 0 Å². The van der Waals surface area contributed by atoms with Crippen LogP contribution in [-0.2, 0) is 12.3 Å². The monoisotopic (exact) mass is 488 g/mol. The van der Waals surface area contributed by atoms with Crippen LogP contribution in [0, 0.1) is 13.8 Å². The zero-order valence-corrected chi connectivity index (χ0v) is 21.1. The third kappa shape index (κ3) is 6.05. The maximum absolute atomic E-state index is 12.6. The number of amides is 1. The maximum Gasteiger partial charge on any atom is 0.251 e. The van der Waals surface area contributed by atoms with Crippen molar-refractivity contribution in [3.63, 3.8) is 0 Å². The van der Waals surface area contributed by atoms with E-state index >= 15 is 0 Å². The van der Waals surface area contributed by atoms with E-state index in [1.54, 1.807) is 38.1 Å². The van der Waals surface area contributed by atoms with Gasteiger partial charge in [0, 0.05) is 28.3 Å². The Labute approximate surface area is 209 Å². The highest BCUT2D eigenvalue weighted by molar-refractivity contribution is 7.98. The van der Waals surface area contributed by atoms with Crippen LogP contribution in [0.25, 0.3) is 11.5 Å². The summed E-state index contributed by atoms with van der Waals surface area (Å²) in [5, 5.41) is 2.94. The van der Waals surface area contributed by atoms with Crippen molar-refractivity contribution in [3.8, 4) is 23.0 Å². The lowest BCUT2D eigenvalue weighted by molar-refractivity contribution is 0.0951. The molecule has 0 bridgehead atoms. The number of aromatic nitrogens is 1. The predicted octanol–water partition coefficient (Wildman–Crippen LogP) is 6.20. The van der Waals surface area contributed by atoms with Crippen molar-refractivity contribution in [2.45, 2.75) is 31.0 Å². The van der Waals surface area contributed by atoms with Gasteiger partial charge in [0.25, 0.3) is 5.91 Å². The number of thioether (sulfide) groups is 1. The molecular formula is C28H28N2O4S. The van der Waals surface area contributed by atoms with Gasteiger partial charge in [0.1, 0.15) is 5.76 Å². The quantitative estimate of drug-likeness (QED) is 0.283. The molecule has 0 saturated carbocycles. The fourth-order valence-electron chi connectivity index (χ4n) is 3.51. The number of oxazole rings is 1. The molecule has 0 atom stereocenters. The minimum absolute atomic E-state index is 0.162. The van der Waals surface area contributed by atoms with Gasteiger partial charge < -0.3 is 19.2 Å². The van der Waals surface area contributed by atoms with Crippen LogP contribution in [0.1, 0.15) is 32.9 Å². The second-order valence-electron chi connectivity index (χ2n) is 8.07. The lowest BCUT2D eigenvalue weighted by Crippen LogP contribution is -2.22. The van der Waals surface area contributed by atoms with E-state index in [-0.39, 0.29) is 5.91 Å². The Kier molecular flexibility index (Phi) is 7.77. The molecule has 0 aliphatic heterocycles. The van der Waals surface area contributed by atoms with Crippen molar-refractivity contribution >= 4 is 17.7 Å². The van der Waals surface area contributed by atoms with Gasteiger partial charge in [-0.25, -0.2) is 4.98 Å². The van der Waals surface area contributed by atoms with E-state index < -0.39 is 0 Å². The largest absolute Gasteiger partial charge is 0.493 e. The molecule has 3 aromatic carbocycles. The average Bonchev–Trinajstić information content (AvgIpc) is 3.27. The molecule has 1 aromatic heterocycles. The smallest absolute Gasteiger partial charge is 0.251 e. The number of aryl methyl sites for hydroxylation is 2. The van der Waals surface area contributed by atoms with Crippen LogP contribution in [0.3, 0.4) is 0 Å². The van der Waals surface area contributed by atoms with E-state index in [1.807, 2.05) is 37.3 Å². The normalized spacial score (nSPS) is 10.7. The SMILES string of the molecule is COc1ccc(CNC(=O)c2ccc(-c3nc(CSc4ccc(C)cc4)c(C)o3)cc2)cc1OC. The first kappa shape index (κ1) is 24.4. The van der Waals surface area contributed by atoms with Crippen molar-refractivity contribution in [3.05, 3.63) is 94.9 Å². The van der Waals surface area contributed by atoms with Gasteiger partial charge in [0.15, 0.2) is 11.5 Å². The molecule has 180 valence electrons. The molecule has 6 nitrogen and oxygen atoms in total. The molecule has 0 radical (unpaired) electrons. The standard InChI is InChI=1S/C28H28N2O4S/c1-18-5-12-23(13-6-18)35-17-24-19(2)34-28(30-24)22-10-8-21(9-11-22)27(31)29-16-20-7-14-25(32-3)26(15-20)33-4/h5-15H,16-17H2,1-4H3,(H,29,31). The third-order valence-electron chi connectivity index (χ3n) is 5.58. The van der Waals surface area contributed by atoms with Crippen LogP contribution < -0.4 is 14.8 Å². The number of hydrogen-bond acceptors (Lipinski definition) is 6. The number of carbonyl (C=O) groups is 1. The highest BCUT2D eigenvalue weighted by atomic mass is 32.2. The lowest BCUT2D eigenvalue weighted by atomic mass is 10.1. The van der Waals surface area contributed by atoms with E-state index in [1.165, 1.54) is 10.5 Å². The molecular weight excluding hydrogens is 460 g/mol. The Hall–Kier alpha value is -3.71. The van der Waals surface area contributed by atoms with Crippen molar-refractivity contribution in [2.24, 2.45) is 0 Å². The highest BCUT2D eigenvalue weighted by Gasteiger charge is 2.13. The second kappa shape index (κ2) is 11.1. The number of benzene rings is 3. The fourth-order valence-corrected chi connectivity index (χ4v) is 4.41. The summed E-state index contributed by atoms with van der Waals surface area (Å²) in [6.07, 6.45) is 0. The highest BCUT2D eigenvalue weighted by Crippen LogP contribution is 2.29. The summed E-state index contributed by atoms with van der Waals surface area (Å²) in [5.74, 6) is 3.20. The van der Waals surface area contributed by atoms with Crippen LogP contribution in [0.15, 0.2) is 76.0 Å². The summed E-state index contributed by atoms with van der Waals surface area (Å²) in [4.78, 5) is 18.5.